The van der Waals surface area contributed by atoms with Gasteiger partial charge in [0.1, 0.15) is 0 Å². The summed E-state index contributed by atoms with van der Waals surface area (Å²) in [5.74, 6) is 0. The highest BCUT2D eigenvalue weighted by atomic mass is 32.1. The molecule has 0 spiro atoms. The second-order valence-electron chi connectivity index (χ2n) is 7.79. The van der Waals surface area contributed by atoms with Gasteiger partial charge >= 0.3 is 12.4 Å². The molecule has 3 aromatic rings. The Kier molecular flexibility index (Phi) is 6.28. The van der Waals surface area contributed by atoms with Crippen molar-refractivity contribution in [3.63, 3.8) is 0 Å². The molecule has 0 radical (unpaired) electrons. The molecule has 1 aliphatic heterocycles. The molecule has 11 heteroatoms. The molecule has 4 nitrogen and oxygen atoms in total. The molecular formula is C22H20F6N4S. The first kappa shape index (κ1) is 23.4. The van der Waals surface area contributed by atoms with E-state index in [0.717, 1.165) is 48.8 Å². The van der Waals surface area contributed by atoms with E-state index in [2.05, 4.69) is 27.1 Å². The molecule has 0 saturated carbocycles. The van der Waals surface area contributed by atoms with E-state index in [1.54, 1.807) is 5.38 Å². The molecule has 176 valence electrons. The van der Waals surface area contributed by atoms with Crippen molar-refractivity contribution in [2.45, 2.75) is 12.4 Å². The number of nitrogens with zero attached hydrogens (tertiary/aromatic N) is 3. The van der Waals surface area contributed by atoms with Crippen LogP contribution in [0.25, 0.3) is 11.3 Å². The third kappa shape index (κ3) is 5.59. The molecule has 1 aliphatic rings. The van der Waals surface area contributed by atoms with Crippen LogP contribution in [0.15, 0.2) is 47.8 Å². The predicted molar refractivity (Wildman–Crippen MR) is 117 cm³/mol. The summed E-state index contributed by atoms with van der Waals surface area (Å²) in [5.41, 5.74) is -0.618. The van der Waals surface area contributed by atoms with Crippen LogP contribution in [0.4, 0.5) is 42.8 Å². The highest BCUT2D eigenvalue weighted by Crippen LogP contribution is 2.38. The molecule has 1 fully saturated rings. The van der Waals surface area contributed by atoms with E-state index >= 15 is 0 Å². The van der Waals surface area contributed by atoms with E-state index in [-0.39, 0.29) is 16.9 Å². The molecule has 0 atom stereocenters. The summed E-state index contributed by atoms with van der Waals surface area (Å²) in [6, 6.07) is 9.14. The summed E-state index contributed by atoms with van der Waals surface area (Å²) >= 11 is 1.10. The largest absolute Gasteiger partial charge is 0.416 e. The normalized spacial score (nSPS) is 15.7. The van der Waals surface area contributed by atoms with Crippen LogP contribution in [0.3, 0.4) is 0 Å². The topological polar surface area (TPSA) is 31.4 Å². The number of nitrogens with one attached hydrogen (secondary N) is 1. The first-order chi connectivity index (χ1) is 15.5. The molecule has 1 saturated heterocycles. The number of alkyl halides is 6. The van der Waals surface area contributed by atoms with Gasteiger partial charge < -0.3 is 15.1 Å². The Morgan fingerprint density at radius 1 is 0.848 bits per heavy atom. The van der Waals surface area contributed by atoms with Crippen molar-refractivity contribution in [1.29, 1.82) is 0 Å². The smallest absolute Gasteiger partial charge is 0.369 e. The highest BCUT2D eigenvalue weighted by Gasteiger charge is 2.37. The lowest BCUT2D eigenvalue weighted by Crippen LogP contribution is -2.44. The molecular weight excluding hydrogens is 466 g/mol. The lowest BCUT2D eigenvalue weighted by Gasteiger charge is -2.34. The Bertz CT molecular complexity index is 1070. The van der Waals surface area contributed by atoms with Crippen molar-refractivity contribution in [2.24, 2.45) is 0 Å². The summed E-state index contributed by atoms with van der Waals surface area (Å²) in [6.07, 6.45) is -9.81. The van der Waals surface area contributed by atoms with Gasteiger partial charge in [-0.05, 0) is 37.4 Å². The van der Waals surface area contributed by atoms with Crippen LogP contribution in [0.1, 0.15) is 11.1 Å². The number of benzene rings is 2. The van der Waals surface area contributed by atoms with Gasteiger partial charge in [0, 0.05) is 48.5 Å². The van der Waals surface area contributed by atoms with Crippen molar-refractivity contribution >= 4 is 27.8 Å². The first-order valence-corrected chi connectivity index (χ1v) is 10.9. The predicted octanol–water partition coefficient (Wildman–Crippen LogP) is 6.34. The van der Waals surface area contributed by atoms with Crippen LogP contribution in [-0.4, -0.2) is 43.1 Å². The van der Waals surface area contributed by atoms with Crippen LogP contribution >= 0.6 is 11.3 Å². The third-order valence-corrected chi connectivity index (χ3v) is 6.13. The lowest BCUT2D eigenvalue weighted by molar-refractivity contribution is -0.143. The van der Waals surface area contributed by atoms with Crippen molar-refractivity contribution in [2.75, 3.05) is 43.4 Å². The van der Waals surface area contributed by atoms with Gasteiger partial charge in [-0.2, -0.15) is 26.3 Å². The summed E-state index contributed by atoms with van der Waals surface area (Å²) in [4.78, 5) is 8.88. The van der Waals surface area contributed by atoms with Gasteiger partial charge in [0.25, 0.3) is 0 Å². The van der Waals surface area contributed by atoms with Gasteiger partial charge in [0.05, 0.1) is 16.8 Å². The van der Waals surface area contributed by atoms with Crippen LogP contribution in [0.2, 0.25) is 0 Å². The summed E-state index contributed by atoms with van der Waals surface area (Å²) < 4.78 is 78.4. The van der Waals surface area contributed by atoms with E-state index in [4.69, 9.17) is 0 Å². The molecule has 2 heterocycles. The molecule has 0 unspecified atom stereocenters. The average Bonchev–Trinajstić information content (AvgIpc) is 3.21. The average molecular weight is 486 g/mol. The fraction of sp³-hybridized carbons (Fsp3) is 0.318. The monoisotopic (exact) mass is 486 g/mol. The minimum absolute atomic E-state index is 0.0976. The SMILES string of the molecule is CN1CCN(c2ccc(-c3csc(Nc4cc(C(F)(F)F)cc(C(F)(F)F)c4)n3)cc2)CC1. The Labute approximate surface area is 190 Å². The summed E-state index contributed by atoms with van der Waals surface area (Å²) in [7, 11) is 2.08. The summed E-state index contributed by atoms with van der Waals surface area (Å²) in [5, 5.41) is 4.48. The number of likely N-dealkylation sites (N-methyl/N-ethyl adjacent to an activating group) is 1. The van der Waals surface area contributed by atoms with Gasteiger partial charge in [-0.3, -0.25) is 0 Å². The van der Waals surface area contributed by atoms with E-state index in [1.807, 2.05) is 24.3 Å². The zero-order valence-corrected chi connectivity index (χ0v) is 18.3. The van der Waals surface area contributed by atoms with Gasteiger partial charge in [-0.25, -0.2) is 4.98 Å². The maximum atomic E-state index is 13.1. The molecule has 1 aromatic heterocycles. The summed E-state index contributed by atoms with van der Waals surface area (Å²) in [6.45, 7) is 3.82. The van der Waals surface area contributed by atoms with E-state index in [9.17, 15) is 26.3 Å². The van der Waals surface area contributed by atoms with Crippen molar-refractivity contribution < 1.29 is 26.3 Å². The van der Waals surface area contributed by atoms with Crippen LogP contribution in [0, 0.1) is 0 Å². The van der Waals surface area contributed by atoms with Gasteiger partial charge in [0.15, 0.2) is 5.13 Å². The van der Waals surface area contributed by atoms with Gasteiger partial charge in [0.2, 0.25) is 0 Å². The van der Waals surface area contributed by atoms with E-state index < -0.39 is 23.5 Å². The zero-order chi connectivity index (χ0) is 23.8. The molecule has 1 N–H and O–H groups in total. The molecule has 33 heavy (non-hydrogen) atoms. The Morgan fingerprint density at radius 2 is 1.42 bits per heavy atom. The Balaban J connectivity index is 1.52. The molecule has 0 bridgehead atoms. The van der Waals surface area contributed by atoms with Crippen LogP contribution in [0.5, 0.6) is 0 Å². The van der Waals surface area contributed by atoms with Gasteiger partial charge in [-0.15, -0.1) is 11.3 Å². The number of piperazine rings is 1. The maximum absolute atomic E-state index is 13.1. The minimum atomic E-state index is -4.91. The Hall–Kier alpha value is -2.79. The minimum Gasteiger partial charge on any atom is -0.369 e. The van der Waals surface area contributed by atoms with Crippen molar-refractivity contribution in [1.82, 2.24) is 9.88 Å². The fourth-order valence-electron chi connectivity index (χ4n) is 3.52. The van der Waals surface area contributed by atoms with Crippen molar-refractivity contribution in [3.05, 3.63) is 59.0 Å². The fourth-order valence-corrected chi connectivity index (χ4v) is 4.26. The second-order valence-corrected chi connectivity index (χ2v) is 8.65. The second kappa shape index (κ2) is 8.86. The number of hydrogen-bond donors (Lipinski definition) is 1. The quantitative estimate of drug-likeness (QED) is 0.436. The number of thiazole rings is 1. The number of rotatable bonds is 4. The third-order valence-electron chi connectivity index (χ3n) is 5.37. The molecule has 4 rings (SSSR count). The lowest BCUT2D eigenvalue weighted by atomic mass is 10.1. The van der Waals surface area contributed by atoms with Gasteiger partial charge in [-0.1, -0.05) is 12.1 Å². The van der Waals surface area contributed by atoms with E-state index in [0.29, 0.717) is 17.8 Å². The number of hydrogen-bond acceptors (Lipinski definition) is 5. The van der Waals surface area contributed by atoms with Crippen LogP contribution in [-0.2, 0) is 12.4 Å². The molecule has 0 aliphatic carbocycles. The zero-order valence-electron chi connectivity index (χ0n) is 17.5. The van der Waals surface area contributed by atoms with Crippen LogP contribution < -0.4 is 10.2 Å². The first-order valence-electron chi connectivity index (χ1n) is 10.0. The Morgan fingerprint density at radius 3 is 1.97 bits per heavy atom. The number of anilines is 3. The number of aromatic nitrogens is 1. The van der Waals surface area contributed by atoms with Crippen molar-refractivity contribution in [3.8, 4) is 11.3 Å². The van der Waals surface area contributed by atoms with E-state index in [1.165, 1.54) is 0 Å². The number of halogens is 6. The highest BCUT2D eigenvalue weighted by molar-refractivity contribution is 7.14. The maximum Gasteiger partial charge on any atom is 0.416 e. The standard InChI is InChI=1S/C22H20F6N4S/c1-31-6-8-32(9-7-31)18-4-2-14(3-5-18)19-13-33-20(30-19)29-17-11-15(21(23,24)25)10-16(12-17)22(26,27)28/h2-5,10-13H,6-9H2,1H3,(H,29,30). The molecule has 2 aromatic carbocycles. The molecule has 0 amide bonds.